The highest BCUT2D eigenvalue weighted by Gasteiger charge is 2.45. The molecule has 2 aliphatic rings. The first kappa shape index (κ1) is 10.8. The fourth-order valence-corrected chi connectivity index (χ4v) is 3.00. The summed E-state index contributed by atoms with van der Waals surface area (Å²) < 4.78 is 5.28. The molecular formula is C12H21NO2. The molecule has 15 heavy (non-hydrogen) atoms. The molecule has 2 fully saturated rings. The van der Waals surface area contributed by atoms with Crippen molar-refractivity contribution in [1.29, 1.82) is 0 Å². The van der Waals surface area contributed by atoms with Gasteiger partial charge in [0.2, 0.25) is 0 Å². The first-order valence-electron chi connectivity index (χ1n) is 5.92. The predicted molar refractivity (Wildman–Crippen MR) is 58.7 cm³/mol. The van der Waals surface area contributed by atoms with Crippen LogP contribution in [0.4, 0.5) is 4.79 Å². The van der Waals surface area contributed by atoms with Gasteiger partial charge in [-0.25, -0.2) is 4.79 Å². The first-order chi connectivity index (χ1) is 6.91. The lowest BCUT2D eigenvalue weighted by molar-refractivity contribution is -0.0360. The summed E-state index contributed by atoms with van der Waals surface area (Å²) in [6.07, 6.45) is 5.35. The van der Waals surface area contributed by atoms with Gasteiger partial charge in [0, 0.05) is 12.0 Å². The average molecular weight is 211 g/mol. The van der Waals surface area contributed by atoms with Crippen LogP contribution in [0, 0.1) is 5.92 Å². The topological polar surface area (TPSA) is 38.3 Å². The Hall–Kier alpha value is -0.730. The predicted octanol–water partition coefficient (Wildman–Crippen LogP) is 2.84. The van der Waals surface area contributed by atoms with E-state index >= 15 is 0 Å². The molecule has 0 radical (unpaired) electrons. The van der Waals surface area contributed by atoms with Crippen LogP contribution in [-0.2, 0) is 4.74 Å². The number of alkyl carbamates (subject to hydrolysis) is 1. The second kappa shape index (κ2) is 3.39. The highest BCUT2D eigenvalue weighted by molar-refractivity contribution is 5.70. The van der Waals surface area contributed by atoms with Gasteiger partial charge in [-0.15, -0.1) is 0 Å². The van der Waals surface area contributed by atoms with Crippen molar-refractivity contribution in [2.24, 2.45) is 5.92 Å². The summed E-state index contributed by atoms with van der Waals surface area (Å²) in [4.78, 5) is 11.5. The molecule has 1 saturated carbocycles. The molecule has 1 N–H and O–H groups in total. The number of hydrogen-bond donors (Lipinski definition) is 1. The molecule has 2 rings (SSSR count). The van der Waals surface area contributed by atoms with Gasteiger partial charge in [0.05, 0.1) is 0 Å². The lowest BCUT2D eigenvalue weighted by atomic mass is 9.71. The van der Waals surface area contributed by atoms with E-state index in [1.165, 1.54) is 12.8 Å². The van der Waals surface area contributed by atoms with Gasteiger partial charge in [0.15, 0.2) is 0 Å². The third kappa shape index (κ3) is 2.27. The molecule has 0 unspecified atom stereocenters. The number of nitrogens with one attached hydrogen (secondary N) is 1. The number of ether oxygens (including phenoxy) is 1. The second-order valence-corrected chi connectivity index (χ2v) is 5.91. The number of rotatable bonds is 0. The molecule has 3 nitrogen and oxygen atoms in total. The smallest absolute Gasteiger partial charge is 0.408 e. The maximum absolute atomic E-state index is 11.5. The minimum atomic E-state index is -0.303. The zero-order chi connectivity index (χ0) is 11.1. The van der Waals surface area contributed by atoms with E-state index in [0.717, 1.165) is 25.2 Å². The van der Waals surface area contributed by atoms with Crippen molar-refractivity contribution in [2.45, 2.75) is 64.0 Å². The van der Waals surface area contributed by atoms with Crippen LogP contribution >= 0.6 is 0 Å². The highest BCUT2D eigenvalue weighted by atomic mass is 16.6. The minimum absolute atomic E-state index is 0.0192. The van der Waals surface area contributed by atoms with E-state index < -0.39 is 0 Å². The molecule has 0 bridgehead atoms. The van der Waals surface area contributed by atoms with E-state index in [0.29, 0.717) is 0 Å². The Bertz CT molecular complexity index is 265. The summed E-state index contributed by atoms with van der Waals surface area (Å²) in [5, 5.41) is 3.05. The van der Waals surface area contributed by atoms with Gasteiger partial charge < -0.3 is 10.1 Å². The zero-order valence-corrected chi connectivity index (χ0v) is 9.93. The molecule has 3 heteroatoms. The van der Waals surface area contributed by atoms with Crippen LogP contribution in [0.3, 0.4) is 0 Å². The number of amides is 1. The van der Waals surface area contributed by atoms with Crippen molar-refractivity contribution >= 4 is 6.09 Å². The van der Waals surface area contributed by atoms with Crippen LogP contribution in [0.1, 0.15) is 52.9 Å². The molecule has 0 aromatic carbocycles. The quantitative estimate of drug-likeness (QED) is 0.669. The average Bonchev–Trinajstić information content (AvgIpc) is 2.07. The molecule has 0 aromatic heterocycles. The normalized spacial score (nSPS) is 39.7. The molecule has 0 atom stereocenters. The SMILES string of the molecule is CC1CCC2(CC1)CC(C)(C)OC(=O)N2. The van der Waals surface area contributed by atoms with E-state index in [-0.39, 0.29) is 17.2 Å². The summed E-state index contributed by atoms with van der Waals surface area (Å²) in [6, 6.07) is 0. The van der Waals surface area contributed by atoms with Crippen molar-refractivity contribution in [3.05, 3.63) is 0 Å². The van der Waals surface area contributed by atoms with Crippen LogP contribution in [0.15, 0.2) is 0 Å². The van der Waals surface area contributed by atoms with Crippen LogP contribution < -0.4 is 5.32 Å². The maximum atomic E-state index is 11.5. The summed E-state index contributed by atoms with van der Waals surface area (Å²) in [6.45, 7) is 6.30. The number of cyclic esters (lactones) is 1. The van der Waals surface area contributed by atoms with Gasteiger partial charge in [-0.2, -0.15) is 0 Å². The molecule has 1 saturated heterocycles. The summed E-state index contributed by atoms with van der Waals surface area (Å²) in [5.41, 5.74) is -0.283. The van der Waals surface area contributed by atoms with E-state index in [4.69, 9.17) is 4.74 Å². The Kier molecular flexibility index (Phi) is 2.44. The van der Waals surface area contributed by atoms with Crippen molar-refractivity contribution in [3.8, 4) is 0 Å². The lowest BCUT2D eigenvalue weighted by Gasteiger charge is -2.47. The summed E-state index contributed by atoms with van der Waals surface area (Å²) in [7, 11) is 0. The molecule has 1 amide bonds. The van der Waals surface area contributed by atoms with Crippen LogP contribution in [0.5, 0.6) is 0 Å². The van der Waals surface area contributed by atoms with Gasteiger partial charge in [-0.1, -0.05) is 6.92 Å². The summed E-state index contributed by atoms with van der Waals surface area (Å²) >= 11 is 0. The largest absolute Gasteiger partial charge is 0.443 e. The Morgan fingerprint density at radius 1 is 1.33 bits per heavy atom. The van der Waals surface area contributed by atoms with E-state index in [9.17, 15) is 4.79 Å². The van der Waals surface area contributed by atoms with Gasteiger partial charge in [-0.3, -0.25) is 0 Å². The molecule has 1 heterocycles. The fraction of sp³-hybridized carbons (Fsp3) is 0.917. The first-order valence-corrected chi connectivity index (χ1v) is 5.92. The Balaban J connectivity index is 2.11. The fourth-order valence-electron chi connectivity index (χ4n) is 3.00. The Morgan fingerprint density at radius 3 is 2.47 bits per heavy atom. The van der Waals surface area contributed by atoms with Crippen LogP contribution in [0.25, 0.3) is 0 Å². The van der Waals surface area contributed by atoms with E-state index in [1.807, 2.05) is 13.8 Å². The lowest BCUT2D eigenvalue weighted by Crippen LogP contribution is -2.60. The van der Waals surface area contributed by atoms with Gasteiger partial charge in [0.25, 0.3) is 0 Å². The van der Waals surface area contributed by atoms with E-state index in [2.05, 4.69) is 12.2 Å². The van der Waals surface area contributed by atoms with E-state index in [1.54, 1.807) is 0 Å². The third-order valence-electron chi connectivity index (χ3n) is 3.73. The number of carbonyl (C=O) groups excluding carboxylic acids is 1. The summed E-state index contributed by atoms with van der Waals surface area (Å²) in [5.74, 6) is 0.804. The number of carbonyl (C=O) groups is 1. The van der Waals surface area contributed by atoms with Crippen LogP contribution in [0.2, 0.25) is 0 Å². The zero-order valence-electron chi connectivity index (χ0n) is 9.93. The molecular weight excluding hydrogens is 190 g/mol. The third-order valence-corrected chi connectivity index (χ3v) is 3.73. The molecule has 1 spiro atoms. The van der Waals surface area contributed by atoms with Crippen molar-refractivity contribution in [3.63, 3.8) is 0 Å². The van der Waals surface area contributed by atoms with Gasteiger partial charge >= 0.3 is 6.09 Å². The molecule has 1 aliphatic carbocycles. The second-order valence-electron chi connectivity index (χ2n) is 5.91. The molecule has 1 aliphatic heterocycles. The van der Waals surface area contributed by atoms with Gasteiger partial charge in [-0.05, 0) is 45.4 Å². The minimum Gasteiger partial charge on any atom is -0.443 e. The Morgan fingerprint density at radius 2 is 1.93 bits per heavy atom. The van der Waals surface area contributed by atoms with Crippen molar-refractivity contribution in [2.75, 3.05) is 0 Å². The van der Waals surface area contributed by atoms with Crippen molar-refractivity contribution < 1.29 is 9.53 Å². The maximum Gasteiger partial charge on any atom is 0.408 e. The Labute approximate surface area is 91.6 Å². The molecule has 86 valence electrons. The monoisotopic (exact) mass is 211 g/mol. The highest BCUT2D eigenvalue weighted by Crippen LogP contribution is 2.40. The standard InChI is InChI=1S/C12H21NO2/c1-9-4-6-12(7-5-9)8-11(2,3)15-10(14)13-12/h9H,4-8H2,1-3H3,(H,13,14). The van der Waals surface area contributed by atoms with Crippen LogP contribution in [-0.4, -0.2) is 17.2 Å². The van der Waals surface area contributed by atoms with Crippen molar-refractivity contribution in [1.82, 2.24) is 5.32 Å². The number of hydrogen-bond acceptors (Lipinski definition) is 2. The van der Waals surface area contributed by atoms with Gasteiger partial charge in [0.1, 0.15) is 5.60 Å². The molecule has 0 aromatic rings.